The minimum Gasteiger partial charge on any atom is -0.481 e. The minimum absolute atomic E-state index is 0.0596. The number of halogens is 2. The summed E-state index contributed by atoms with van der Waals surface area (Å²) < 4.78 is 26.2. The lowest BCUT2D eigenvalue weighted by Gasteiger charge is -2.08. The van der Waals surface area contributed by atoms with E-state index in [0.29, 0.717) is 24.0 Å². The Bertz CT molecular complexity index is 415. The van der Waals surface area contributed by atoms with E-state index in [4.69, 9.17) is 5.11 Å². The number of aliphatic carboxylic acids is 1. The number of hydrogen-bond donors (Lipinski definition) is 1. The summed E-state index contributed by atoms with van der Waals surface area (Å²) in [4.78, 5) is 10.5. The summed E-state index contributed by atoms with van der Waals surface area (Å²) in [5, 5.41) is 8.65. The Labute approximate surface area is 85.5 Å². The molecular formula is C11H10F2O2. The molecule has 2 nitrogen and oxygen atoms in total. The average molecular weight is 212 g/mol. The summed E-state index contributed by atoms with van der Waals surface area (Å²) in [6.45, 7) is 0. The van der Waals surface area contributed by atoms with Crippen LogP contribution in [0.4, 0.5) is 8.78 Å². The van der Waals surface area contributed by atoms with Crippen LogP contribution in [0.3, 0.4) is 0 Å². The Balaban J connectivity index is 2.37. The van der Waals surface area contributed by atoms with Crippen LogP contribution in [0.1, 0.15) is 29.9 Å². The van der Waals surface area contributed by atoms with Gasteiger partial charge in [0.05, 0.1) is 6.42 Å². The molecule has 1 aromatic carbocycles. The van der Waals surface area contributed by atoms with Gasteiger partial charge in [0.1, 0.15) is 11.6 Å². The molecule has 0 heterocycles. The summed E-state index contributed by atoms with van der Waals surface area (Å²) >= 11 is 0. The van der Waals surface area contributed by atoms with E-state index < -0.39 is 17.6 Å². The number of fused-ring (bicyclic) bond motifs is 1. The van der Waals surface area contributed by atoms with Crippen LogP contribution in [0.15, 0.2) is 12.1 Å². The topological polar surface area (TPSA) is 37.3 Å². The molecule has 0 saturated heterocycles. The van der Waals surface area contributed by atoms with Gasteiger partial charge in [-0.05, 0) is 36.0 Å². The second-order valence-corrected chi connectivity index (χ2v) is 3.79. The maximum atomic E-state index is 13.3. The van der Waals surface area contributed by atoms with Crippen molar-refractivity contribution >= 4 is 5.97 Å². The van der Waals surface area contributed by atoms with Crippen LogP contribution < -0.4 is 0 Å². The van der Waals surface area contributed by atoms with Gasteiger partial charge in [-0.2, -0.15) is 0 Å². The van der Waals surface area contributed by atoms with Gasteiger partial charge in [-0.25, -0.2) is 8.78 Å². The van der Waals surface area contributed by atoms with Crippen LogP contribution in [0.25, 0.3) is 0 Å². The number of benzene rings is 1. The zero-order valence-electron chi connectivity index (χ0n) is 7.96. The van der Waals surface area contributed by atoms with E-state index in [2.05, 4.69) is 0 Å². The Kier molecular flexibility index (Phi) is 2.42. The molecule has 1 aromatic rings. The highest BCUT2D eigenvalue weighted by Crippen LogP contribution is 2.37. The molecule has 0 bridgehead atoms. The molecule has 1 atom stereocenters. The summed E-state index contributed by atoms with van der Waals surface area (Å²) in [5.41, 5.74) is 0.998. The van der Waals surface area contributed by atoms with Crippen molar-refractivity contribution in [3.8, 4) is 0 Å². The number of carboxylic acid groups (broad SMARTS) is 1. The number of carboxylic acids is 1. The van der Waals surface area contributed by atoms with Crippen LogP contribution >= 0.6 is 0 Å². The molecule has 1 N–H and O–H groups in total. The zero-order valence-corrected chi connectivity index (χ0v) is 7.96. The predicted octanol–water partition coefficient (Wildman–Crippen LogP) is 2.47. The van der Waals surface area contributed by atoms with Crippen molar-refractivity contribution in [1.82, 2.24) is 0 Å². The first-order valence-electron chi connectivity index (χ1n) is 4.77. The monoisotopic (exact) mass is 212 g/mol. The van der Waals surface area contributed by atoms with Crippen LogP contribution in [0, 0.1) is 11.6 Å². The molecule has 0 aliphatic heterocycles. The Morgan fingerprint density at radius 2 is 2.20 bits per heavy atom. The zero-order chi connectivity index (χ0) is 11.0. The van der Waals surface area contributed by atoms with Crippen LogP contribution in [-0.2, 0) is 11.2 Å². The van der Waals surface area contributed by atoms with Gasteiger partial charge in [0.25, 0.3) is 0 Å². The molecule has 0 saturated carbocycles. The smallest absolute Gasteiger partial charge is 0.303 e. The van der Waals surface area contributed by atoms with E-state index in [1.165, 1.54) is 6.07 Å². The SMILES string of the molecule is O=C(O)CC1CCc2c(F)cc(F)cc21. The lowest BCUT2D eigenvalue weighted by Crippen LogP contribution is -2.03. The standard InChI is InChI=1S/C11H10F2O2/c12-7-4-9-6(3-11(14)15)1-2-8(9)10(13)5-7/h4-6H,1-3H2,(H,14,15). The quantitative estimate of drug-likeness (QED) is 0.817. The molecule has 4 heteroatoms. The second kappa shape index (κ2) is 3.61. The molecule has 0 fully saturated rings. The molecule has 15 heavy (non-hydrogen) atoms. The Hall–Kier alpha value is -1.45. The normalized spacial score (nSPS) is 18.9. The Morgan fingerprint density at radius 1 is 1.47 bits per heavy atom. The maximum absolute atomic E-state index is 13.3. The van der Waals surface area contributed by atoms with Crippen LogP contribution in [0.2, 0.25) is 0 Å². The van der Waals surface area contributed by atoms with Gasteiger partial charge in [0, 0.05) is 6.07 Å². The lowest BCUT2D eigenvalue weighted by atomic mass is 9.98. The van der Waals surface area contributed by atoms with Crippen molar-refractivity contribution in [2.75, 3.05) is 0 Å². The van der Waals surface area contributed by atoms with Crippen molar-refractivity contribution in [3.63, 3.8) is 0 Å². The van der Waals surface area contributed by atoms with E-state index in [1.54, 1.807) is 0 Å². The average Bonchev–Trinajstić information content (AvgIpc) is 2.48. The van der Waals surface area contributed by atoms with Gasteiger partial charge in [0.15, 0.2) is 0 Å². The molecule has 1 unspecified atom stereocenters. The number of rotatable bonds is 2. The van der Waals surface area contributed by atoms with E-state index in [0.717, 1.165) is 6.07 Å². The fourth-order valence-corrected chi connectivity index (χ4v) is 2.15. The molecule has 80 valence electrons. The molecule has 0 amide bonds. The van der Waals surface area contributed by atoms with Gasteiger partial charge in [-0.15, -0.1) is 0 Å². The summed E-state index contributed by atoms with van der Waals surface area (Å²) in [6.07, 6.45) is 1.03. The first-order valence-corrected chi connectivity index (χ1v) is 4.77. The van der Waals surface area contributed by atoms with Gasteiger partial charge in [-0.1, -0.05) is 0 Å². The van der Waals surface area contributed by atoms with E-state index >= 15 is 0 Å². The highest BCUT2D eigenvalue weighted by molar-refractivity contribution is 5.68. The summed E-state index contributed by atoms with van der Waals surface area (Å²) in [7, 11) is 0. The van der Waals surface area contributed by atoms with Crippen molar-refractivity contribution in [2.45, 2.75) is 25.2 Å². The van der Waals surface area contributed by atoms with Gasteiger partial charge >= 0.3 is 5.97 Å². The van der Waals surface area contributed by atoms with Crippen molar-refractivity contribution < 1.29 is 18.7 Å². The Morgan fingerprint density at radius 3 is 2.87 bits per heavy atom. The summed E-state index contributed by atoms with van der Waals surface area (Å²) in [5.74, 6) is -2.37. The predicted molar refractivity (Wildman–Crippen MR) is 49.7 cm³/mol. The third kappa shape index (κ3) is 1.84. The van der Waals surface area contributed by atoms with E-state index in [-0.39, 0.29) is 12.3 Å². The van der Waals surface area contributed by atoms with E-state index in [9.17, 15) is 13.6 Å². The van der Waals surface area contributed by atoms with Gasteiger partial charge in [-0.3, -0.25) is 4.79 Å². The molecule has 0 radical (unpaired) electrons. The molecule has 1 aliphatic rings. The third-order valence-electron chi connectivity index (χ3n) is 2.80. The second-order valence-electron chi connectivity index (χ2n) is 3.79. The van der Waals surface area contributed by atoms with Crippen molar-refractivity contribution in [2.24, 2.45) is 0 Å². The van der Waals surface area contributed by atoms with Crippen molar-refractivity contribution in [3.05, 3.63) is 34.9 Å². The lowest BCUT2D eigenvalue weighted by molar-refractivity contribution is -0.137. The van der Waals surface area contributed by atoms with Gasteiger partial charge < -0.3 is 5.11 Å². The molecular weight excluding hydrogens is 202 g/mol. The number of carbonyl (C=O) groups is 1. The maximum Gasteiger partial charge on any atom is 0.303 e. The first kappa shape index (κ1) is 10.1. The fourth-order valence-electron chi connectivity index (χ4n) is 2.15. The molecule has 0 aromatic heterocycles. The largest absolute Gasteiger partial charge is 0.481 e. The van der Waals surface area contributed by atoms with Gasteiger partial charge in [0.2, 0.25) is 0 Å². The van der Waals surface area contributed by atoms with E-state index in [1.807, 2.05) is 0 Å². The third-order valence-corrected chi connectivity index (χ3v) is 2.80. The fraction of sp³-hybridized carbons (Fsp3) is 0.364. The number of hydrogen-bond acceptors (Lipinski definition) is 1. The molecule has 1 aliphatic carbocycles. The highest BCUT2D eigenvalue weighted by atomic mass is 19.1. The molecule has 0 spiro atoms. The van der Waals surface area contributed by atoms with Crippen LogP contribution in [-0.4, -0.2) is 11.1 Å². The summed E-state index contributed by atoms with van der Waals surface area (Å²) in [6, 6.07) is 2.10. The minimum atomic E-state index is -0.933. The van der Waals surface area contributed by atoms with Crippen LogP contribution in [0.5, 0.6) is 0 Å². The first-order chi connectivity index (χ1) is 7.08. The van der Waals surface area contributed by atoms with Crippen molar-refractivity contribution in [1.29, 1.82) is 0 Å². The molecule has 2 rings (SSSR count). The highest BCUT2D eigenvalue weighted by Gasteiger charge is 2.27.